The first-order chi connectivity index (χ1) is 18.9. The van der Waals surface area contributed by atoms with Crippen LogP contribution in [0.25, 0.3) is 22.0 Å². The van der Waals surface area contributed by atoms with Crippen LogP contribution >= 0.6 is 0 Å². The Hall–Kier alpha value is -3.72. The first-order valence-electron chi connectivity index (χ1n) is 13.9. The van der Waals surface area contributed by atoms with Gasteiger partial charge in [0, 0.05) is 40.8 Å². The van der Waals surface area contributed by atoms with Crippen molar-refractivity contribution in [3.05, 3.63) is 53.5 Å². The number of carbonyl (C=O) groups excluding carboxylic acids is 3. The Morgan fingerprint density at radius 1 is 1.05 bits per heavy atom. The fourth-order valence-corrected chi connectivity index (χ4v) is 6.29. The molecule has 2 aliphatic rings. The number of rotatable bonds is 7. The van der Waals surface area contributed by atoms with Gasteiger partial charge in [0.25, 0.3) is 5.91 Å². The molecule has 3 aromatic rings. The Morgan fingerprint density at radius 2 is 1.75 bits per heavy atom. The van der Waals surface area contributed by atoms with Gasteiger partial charge < -0.3 is 21.3 Å². The summed E-state index contributed by atoms with van der Waals surface area (Å²) in [6.45, 7) is 4.50. The zero-order valence-corrected chi connectivity index (χ0v) is 23.6. The average Bonchev–Trinajstić information content (AvgIpc) is 3.16. The van der Waals surface area contributed by atoms with E-state index in [4.69, 9.17) is 5.73 Å². The van der Waals surface area contributed by atoms with E-state index in [-0.39, 0.29) is 29.3 Å². The quantitative estimate of drug-likeness (QED) is 0.402. The number of anilines is 1. The first kappa shape index (κ1) is 27.8. The van der Waals surface area contributed by atoms with E-state index < -0.39 is 11.7 Å². The van der Waals surface area contributed by atoms with Gasteiger partial charge in [-0.1, -0.05) is 19.9 Å². The second-order valence-electron chi connectivity index (χ2n) is 12.4. The summed E-state index contributed by atoms with van der Waals surface area (Å²) >= 11 is 0. The molecular formula is C31H38FN5O3. The predicted molar refractivity (Wildman–Crippen MR) is 155 cm³/mol. The summed E-state index contributed by atoms with van der Waals surface area (Å²) in [6.07, 6.45) is 4.38. The molecule has 1 aromatic heterocycles. The van der Waals surface area contributed by atoms with Crippen molar-refractivity contribution in [2.75, 3.05) is 26.0 Å². The minimum atomic E-state index is -0.527. The molecule has 0 spiro atoms. The number of amides is 2. The summed E-state index contributed by atoms with van der Waals surface area (Å²) in [6, 6.07) is 10.3. The molecule has 2 aromatic carbocycles. The van der Waals surface area contributed by atoms with Crippen LogP contribution in [0, 0.1) is 11.2 Å². The Balaban J connectivity index is 1.47. The van der Waals surface area contributed by atoms with Crippen LogP contribution < -0.4 is 16.4 Å². The predicted octanol–water partition coefficient (Wildman–Crippen LogP) is 4.56. The Labute approximate surface area is 234 Å². The van der Waals surface area contributed by atoms with Crippen molar-refractivity contribution in [2.24, 2.45) is 11.1 Å². The van der Waals surface area contributed by atoms with Crippen LogP contribution in [0.5, 0.6) is 0 Å². The van der Waals surface area contributed by atoms with E-state index in [1.54, 1.807) is 16.7 Å². The molecule has 8 nitrogen and oxygen atoms in total. The molecule has 40 heavy (non-hydrogen) atoms. The van der Waals surface area contributed by atoms with Crippen LogP contribution in [0.4, 0.5) is 10.1 Å². The van der Waals surface area contributed by atoms with Crippen LogP contribution in [0.3, 0.4) is 0 Å². The van der Waals surface area contributed by atoms with Gasteiger partial charge >= 0.3 is 0 Å². The van der Waals surface area contributed by atoms with E-state index in [1.807, 2.05) is 31.1 Å². The molecule has 0 radical (unpaired) electrons. The second-order valence-corrected chi connectivity index (χ2v) is 12.4. The van der Waals surface area contributed by atoms with Crippen LogP contribution in [0.1, 0.15) is 66.8 Å². The molecule has 1 aliphatic carbocycles. The number of benzene rings is 2. The van der Waals surface area contributed by atoms with Gasteiger partial charge in [-0.2, -0.15) is 0 Å². The van der Waals surface area contributed by atoms with Gasteiger partial charge in [0.1, 0.15) is 5.82 Å². The number of hydrogen-bond acceptors (Lipinski definition) is 5. The molecule has 0 saturated heterocycles. The van der Waals surface area contributed by atoms with Crippen LogP contribution in [-0.2, 0) is 11.2 Å². The van der Waals surface area contributed by atoms with Gasteiger partial charge in [-0.15, -0.1) is 0 Å². The molecule has 2 amide bonds. The highest BCUT2D eigenvalue weighted by Gasteiger charge is 2.35. The third kappa shape index (κ3) is 5.61. The van der Waals surface area contributed by atoms with E-state index in [1.165, 1.54) is 12.1 Å². The Bertz CT molecular complexity index is 1480. The van der Waals surface area contributed by atoms with Crippen molar-refractivity contribution in [3.8, 4) is 11.1 Å². The highest BCUT2D eigenvalue weighted by Crippen LogP contribution is 2.43. The maximum Gasteiger partial charge on any atom is 0.250 e. The van der Waals surface area contributed by atoms with Gasteiger partial charge in [0.2, 0.25) is 11.8 Å². The molecule has 0 atom stereocenters. The SMILES string of the molecule is CN(C)CC(=O)N[C@H]1CC[C@H](Nc2cc(-c3c4n(c5cc(F)ccc35)C(=O)CC(C)(C)C4)ccc2C(N)=O)CC1. The van der Waals surface area contributed by atoms with Crippen LogP contribution in [0.2, 0.25) is 0 Å². The van der Waals surface area contributed by atoms with Crippen molar-refractivity contribution in [2.45, 2.75) is 64.5 Å². The van der Waals surface area contributed by atoms with E-state index >= 15 is 0 Å². The fourth-order valence-electron chi connectivity index (χ4n) is 6.29. The van der Waals surface area contributed by atoms with Crippen LogP contribution in [-0.4, -0.2) is 59.9 Å². The number of halogens is 1. The number of carbonyl (C=O) groups is 3. The number of aromatic nitrogens is 1. The van der Waals surface area contributed by atoms with E-state index in [0.717, 1.165) is 47.9 Å². The van der Waals surface area contributed by atoms with Crippen molar-refractivity contribution in [1.29, 1.82) is 0 Å². The highest BCUT2D eigenvalue weighted by molar-refractivity contribution is 6.06. The molecule has 2 heterocycles. The van der Waals surface area contributed by atoms with E-state index in [2.05, 4.69) is 24.5 Å². The van der Waals surface area contributed by atoms with Gasteiger partial charge in [-0.3, -0.25) is 19.0 Å². The molecule has 4 N–H and O–H groups in total. The molecule has 1 fully saturated rings. The molecule has 212 valence electrons. The van der Waals surface area contributed by atoms with Gasteiger partial charge in [0.05, 0.1) is 17.6 Å². The number of fused-ring (bicyclic) bond motifs is 3. The molecule has 5 rings (SSSR count). The van der Waals surface area contributed by atoms with Gasteiger partial charge in [0.15, 0.2) is 0 Å². The maximum atomic E-state index is 14.3. The van der Waals surface area contributed by atoms with Crippen LogP contribution in [0.15, 0.2) is 36.4 Å². The average molecular weight is 548 g/mol. The Morgan fingerprint density at radius 3 is 2.42 bits per heavy atom. The first-order valence-corrected chi connectivity index (χ1v) is 13.9. The lowest BCUT2D eigenvalue weighted by atomic mass is 9.80. The maximum absolute atomic E-state index is 14.3. The monoisotopic (exact) mass is 547 g/mol. The molecule has 1 aliphatic heterocycles. The van der Waals surface area contributed by atoms with Crippen molar-refractivity contribution in [3.63, 3.8) is 0 Å². The third-order valence-corrected chi connectivity index (χ3v) is 8.04. The van der Waals surface area contributed by atoms with Crippen molar-refractivity contribution in [1.82, 2.24) is 14.8 Å². The lowest BCUT2D eigenvalue weighted by Crippen LogP contribution is -2.43. The lowest BCUT2D eigenvalue weighted by Gasteiger charge is -2.31. The number of nitrogens with one attached hydrogen (secondary N) is 2. The minimum Gasteiger partial charge on any atom is -0.382 e. The van der Waals surface area contributed by atoms with Crippen molar-refractivity contribution < 1.29 is 18.8 Å². The molecule has 0 unspecified atom stereocenters. The number of primary amides is 1. The third-order valence-electron chi connectivity index (χ3n) is 8.04. The standard InChI is InChI=1S/C31H38FN5O3/c1-31(2)15-26-29(23-12-6-19(32)14-25(23)37(26)28(39)16-31)18-5-11-22(30(33)40)24(13-18)34-20-7-9-21(10-8-20)35-27(38)17-36(3)4/h5-6,11-14,20-21,34H,7-10,15-17H2,1-4H3,(H2,33,40)(H,35,38)/t20-,21-. The van der Waals surface area contributed by atoms with E-state index in [9.17, 15) is 18.8 Å². The van der Waals surface area contributed by atoms with E-state index in [0.29, 0.717) is 36.2 Å². The summed E-state index contributed by atoms with van der Waals surface area (Å²) in [4.78, 5) is 39.6. The number of hydrogen-bond donors (Lipinski definition) is 3. The lowest BCUT2D eigenvalue weighted by molar-refractivity contribution is -0.122. The molecule has 9 heteroatoms. The summed E-state index contributed by atoms with van der Waals surface area (Å²) in [7, 11) is 3.74. The number of likely N-dealkylation sites (N-methyl/N-ethyl adjacent to an activating group) is 1. The Kier molecular flexibility index (Phi) is 7.44. The number of nitrogens with zero attached hydrogens (tertiary/aromatic N) is 2. The topological polar surface area (TPSA) is 109 Å². The summed E-state index contributed by atoms with van der Waals surface area (Å²) in [5, 5.41) is 7.46. The number of nitrogens with two attached hydrogens (primary N) is 1. The summed E-state index contributed by atoms with van der Waals surface area (Å²) in [5.74, 6) is -0.942. The summed E-state index contributed by atoms with van der Waals surface area (Å²) < 4.78 is 16.0. The smallest absolute Gasteiger partial charge is 0.250 e. The zero-order chi connectivity index (χ0) is 28.8. The molecular weight excluding hydrogens is 509 g/mol. The highest BCUT2D eigenvalue weighted by atomic mass is 19.1. The van der Waals surface area contributed by atoms with Crippen molar-refractivity contribution >= 4 is 34.3 Å². The minimum absolute atomic E-state index is 0.0230. The summed E-state index contributed by atoms with van der Waals surface area (Å²) in [5.41, 5.74) is 9.69. The molecule has 1 saturated carbocycles. The largest absolute Gasteiger partial charge is 0.382 e. The fraction of sp³-hybridized carbons (Fsp3) is 0.452. The normalized spacial score (nSPS) is 20.4. The zero-order valence-electron chi connectivity index (χ0n) is 23.6. The molecule has 0 bridgehead atoms. The van der Waals surface area contributed by atoms with Gasteiger partial charge in [-0.25, -0.2) is 4.39 Å². The second kappa shape index (κ2) is 10.7. The van der Waals surface area contributed by atoms with Gasteiger partial charge in [-0.05, 0) is 87.5 Å².